The molecule has 0 aromatic carbocycles. The molecule has 0 bridgehead atoms. The lowest BCUT2D eigenvalue weighted by molar-refractivity contribution is 0.0149. The highest BCUT2D eigenvalue weighted by atomic mass is 16.5. The number of piperazine rings is 1. The molecule has 2 atom stereocenters. The monoisotopic (exact) mass is 239 g/mol. The van der Waals surface area contributed by atoms with Crippen molar-refractivity contribution < 1.29 is 4.74 Å². The van der Waals surface area contributed by atoms with Crippen LogP contribution in [0.5, 0.6) is 0 Å². The number of hydrogen-bond donors (Lipinski definition) is 1. The Morgan fingerprint density at radius 2 is 1.65 bits per heavy atom. The van der Waals surface area contributed by atoms with E-state index in [4.69, 9.17) is 10.5 Å². The summed E-state index contributed by atoms with van der Waals surface area (Å²) in [4.78, 5) is 5.23. The quantitative estimate of drug-likeness (QED) is 0.765. The van der Waals surface area contributed by atoms with Gasteiger partial charge in [0.25, 0.3) is 0 Å². The van der Waals surface area contributed by atoms with Crippen LogP contribution in [0.3, 0.4) is 0 Å². The molecule has 17 heavy (non-hydrogen) atoms. The van der Waals surface area contributed by atoms with Crippen molar-refractivity contribution in [3.05, 3.63) is 0 Å². The smallest absolute Gasteiger partial charge is 0.0707 e. The van der Waals surface area contributed by atoms with Gasteiger partial charge >= 0.3 is 0 Å². The number of nitrogens with two attached hydrogens (primary N) is 1. The normalized spacial score (nSPS) is 36.5. The van der Waals surface area contributed by atoms with Crippen LogP contribution < -0.4 is 5.73 Å². The second-order valence-corrected chi connectivity index (χ2v) is 5.76. The van der Waals surface area contributed by atoms with Gasteiger partial charge in [0.15, 0.2) is 0 Å². The van der Waals surface area contributed by atoms with E-state index in [2.05, 4.69) is 9.80 Å². The van der Waals surface area contributed by atoms with Crippen molar-refractivity contribution in [3.8, 4) is 0 Å². The molecule has 0 amide bonds. The molecular weight excluding hydrogens is 214 g/mol. The summed E-state index contributed by atoms with van der Waals surface area (Å²) in [7, 11) is 0. The van der Waals surface area contributed by atoms with Gasteiger partial charge in [0.05, 0.1) is 12.2 Å². The van der Waals surface area contributed by atoms with E-state index in [0.29, 0.717) is 18.8 Å². The number of hydrogen-bond acceptors (Lipinski definition) is 4. The summed E-state index contributed by atoms with van der Waals surface area (Å²) in [6.07, 6.45) is 5.99. The van der Waals surface area contributed by atoms with Crippen LogP contribution >= 0.6 is 0 Å². The first-order valence-electron chi connectivity index (χ1n) is 7.17. The summed E-state index contributed by atoms with van der Waals surface area (Å²) in [5.74, 6) is 0. The maximum atomic E-state index is 5.92. The van der Waals surface area contributed by atoms with Gasteiger partial charge in [-0.25, -0.2) is 0 Å². The fourth-order valence-electron chi connectivity index (χ4n) is 3.13. The predicted molar refractivity (Wildman–Crippen MR) is 68.0 cm³/mol. The molecule has 3 fully saturated rings. The van der Waals surface area contributed by atoms with E-state index in [1.807, 2.05) is 0 Å². The summed E-state index contributed by atoms with van der Waals surface area (Å²) in [5, 5.41) is 0. The maximum Gasteiger partial charge on any atom is 0.0707 e. The highest BCUT2D eigenvalue weighted by molar-refractivity contribution is 4.88. The van der Waals surface area contributed by atoms with Gasteiger partial charge in [0.1, 0.15) is 0 Å². The van der Waals surface area contributed by atoms with E-state index in [1.54, 1.807) is 0 Å². The van der Waals surface area contributed by atoms with Crippen LogP contribution in [0.25, 0.3) is 0 Å². The predicted octanol–water partition coefficient (Wildman–Crippen LogP) is 0.273. The molecule has 1 aliphatic carbocycles. The first-order valence-corrected chi connectivity index (χ1v) is 7.17. The molecule has 4 heteroatoms. The molecule has 3 aliphatic rings. The van der Waals surface area contributed by atoms with E-state index in [-0.39, 0.29) is 0 Å². The Bertz CT molecular complexity index is 249. The Morgan fingerprint density at radius 1 is 0.941 bits per heavy atom. The number of ether oxygens (including phenoxy) is 1. The van der Waals surface area contributed by atoms with Crippen molar-refractivity contribution in [1.82, 2.24) is 9.80 Å². The summed E-state index contributed by atoms with van der Waals surface area (Å²) in [6.45, 7) is 6.78. The van der Waals surface area contributed by atoms with Crippen molar-refractivity contribution in [2.24, 2.45) is 5.73 Å². The van der Waals surface area contributed by atoms with E-state index in [0.717, 1.165) is 19.0 Å². The molecule has 2 aliphatic heterocycles. The third-order valence-electron chi connectivity index (χ3n) is 4.39. The van der Waals surface area contributed by atoms with Gasteiger partial charge in [-0.1, -0.05) is 0 Å². The van der Waals surface area contributed by atoms with Crippen LogP contribution in [-0.2, 0) is 4.74 Å². The largest absolute Gasteiger partial charge is 0.372 e. The Hall–Kier alpha value is -0.160. The minimum absolute atomic E-state index is 0.327. The standard InChI is InChI=1S/C13H25N3O/c14-9-12-3-4-13(17-12)10-15-5-7-16(8-6-15)11-1-2-11/h11-13H,1-10,14H2. The zero-order chi connectivity index (χ0) is 11.7. The molecule has 2 heterocycles. The number of nitrogens with zero attached hydrogens (tertiary/aromatic N) is 2. The molecule has 3 rings (SSSR count). The second-order valence-electron chi connectivity index (χ2n) is 5.76. The average Bonchev–Trinajstić information content (AvgIpc) is 3.11. The fourth-order valence-corrected chi connectivity index (χ4v) is 3.13. The Morgan fingerprint density at radius 3 is 2.24 bits per heavy atom. The second kappa shape index (κ2) is 5.22. The van der Waals surface area contributed by atoms with Gasteiger partial charge in [-0.15, -0.1) is 0 Å². The topological polar surface area (TPSA) is 41.7 Å². The van der Waals surface area contributed by atoms with Crippen LogP contribution in [0.1, 0.15) is 25.7 Å². The molecule has 4 nitrogen and oxygen atoms in total. The van der Waals surface area contributed by atoms with E-state index >= 15 is 0 Å². The van der Waals surface area contributed by atoms with Crippen molar-refractivity contribution in [3.63, 3.8) is 0 Å². The molecule has 0 aromatic heterocycles. The van der Waals surface area contributed by atoms with Gasteiger partial charge in [0.2, 0.25) is 0 Å². The van der Waals surface area contributed by atoms with Crippen molar-refractivity contribution >= 4 is 0 Å². The third kappa shape index (κ3) is 2.99. The lowest BCUT2D eigenvalue weighted by atomic mass is 10.2. The highest BCUT2D eigenvalue weighted by Gasteiger charge is 2.32. The van der Waals surface area contributed by atoms with Gasteiger partial charge in [-0.05, 0) is 25.7 Å². The van der Waals surface area contributed by atoms with Crippen molar-refractivity contribution in [1.29, 1.82) is 0 Å². The summed E-state index contributed by atoms with van der Waals surface area (Å²) in [5.41, 5.74) is 5.64. The van der Waals surface area contributed by atoms with Crippen LogP contribution in [0.2, 0.25) is 0 Å². The molecule has 2 saturated heterocycles. The van der Waals surface area contributed by atoms with Gasteiger partial charge in [-0.3, -0.25) is 9.80 Å². The molecular formula is C13H25N3O. The first-order chi connectivity index (χ1) is 8.35. The highest BCUT2D eigenvalue weighted by Crippen LogP contribution is 2.27. The van der Waals surface area contributed by atoms with Crippen molar-refractivity contribution in [2.75, 3.05) is 39.3 Å². The molecule has 1 saturated carbocycles. The maximum absolute atomic E-state index is 5.92. The Labute approximate surface area is 104 Å². The zero-order valence-electron chi connectivity index (χ0n) is 10.7. The van der Waals surface area contributed by atoms with Crippen LogP contribution in [0.4, 0.5) is 0 Å². The molecule has 0 aromatic rings. The van der Waals surface area contributed by atoms with Gasteiger partial charge < -0.3 is 10.5 Å². The van der Waals surface area contributed by atoms with Crippen molar-refractivity contribution in [2.45, 2.75) is 43.9 Å². The molecule has 2 unspecified atom stereocenters. The average molecular weight is 239 g/mol. The summed E-state index contributed by atoms with van der Waals surface area (Å²) >= 11 is 0. The van der Waals surface area contributed by atoms with Gasteiger partial charge in [0, 0.05) is 45.3 Å². The molecule has 2 N–H and O–H groups in total. The fraction of sp³-hybridized carbons (Fsp3) is 1.00. The zero-order valence-corrected chi connectivity index (χ0v) is 10.7. The molecule has 0 spiro atoms. The third-order valence-corrected chi connectivity index (χ3v) is 4.39. The van der Waals surface area contributed by atoms with E-state index in [9.17, 15) is 0 Å². The minimum Gasteiger partial charge on any atom is -0.372 e. The van der Waals surface area contributed by atoms with E-state index in [1.165, 1.54) is 45.4 Å². The minimum atomic E-state index is 0.327. The Kier molecular flexibility index (Phi) is 3.66. The first kappa shape index (κ1) is 11.9. The Balaban J connectivity index is 1.38. The van der Waals surface area contributed by atoms with E-state index < -0.39 is 0 Å². The molecule has 98 valence electrons. The van der Waals surface area contributed by atoms with Crippen LogP contribution in [0, 0.1) is 0 Å². The number of rotatable bonds is 4. The lowest BCUT2D eigenvalue weighted by Crippen LogP contribution is -2.49. The van der Waals surface area contributed by atoms with Gasteiger partial charge in [-0.2, -0.15) is 0 Å². The van der Waals surface area contributed by atoms with Crippen LogP contribution in [-0.4, -0.2) is 67.3 Å². The lowest BCUT2D eigenvalue weighted by Gasteiger charge is -2.35. The SMILES string of the molecule is NCC1CCC(CN2CCN(C3CC3)CC2)O1. The summed E-state index contributed by atoms with van der Waals surface area (Å²) in [6, 6.07) is 0.932. The van der Waals surface area contributed by atoms with Crippen LogP contribution in [0.15, 0.2) is 0 Å². The molecule has 0 radical (unpaired) electrons. The summed E-state index contributed by atoms with van der Waals surface area (Å²) < 4.78 is 5.92.